The number of anilines is 1. The molecule has 1 saturated heterocycles. The number of hydrogen-bond donors (Lipinski definition) is 0. The van der Waals surface area contributed by atoms with Gasteiger partial charge in [-0.15, -0.1) is 0 Å². The van der Waals surface area contributed by atoms with Crippen LogP contribution in [0.3, 0.4) is 0 Å². The SMILES string of the molecule is C[C@H]1CCCN(C(=O)COC(=O)c2ccc(N(C)C)c([N+](=O)[O-])c2)C1. The maximum Gasteiger partial charge on any atom is 0.338 e. The number of nitro groups is 1. The molecule has 1 aromatic rings. The number of esters is 1. The van der Waals surface area contributed by atoms with Crippen LogP contribution in [-0.2, 0) is 9.53 Å². The van der Waals surface area contributed by atoms with Gasteiger partial charge in [0.25, 0.3) is 11.6 Å². The highest BCUT2D eigenvalue weighted by Gasteiger charge is 2.23. The van der Waals surface area contributed by atoms with Gasteiger partial charge in [-0.3, -0.25) is 14.9 Å². The molecule has 136 valence electrons. The van der Waals surface area contributed by atoms with Crippen LogP contribution in [0.15, 0.2) is 18.2 Å². The molecule has 1 aliphatic heterocycles. The normalized spacial score (nSPS) is 17.1. The summed E-state index contributed by atoms with van der Waals surface area (Å²) in [7, 11) is 3.36. The summed E-state index contributed by atoms with van der Waals surface area (Å²) in [6.45, 7) is 3.06. The van der Waals surface area contributed by atoms with Gasteiger partial charge in [-0.05, 0) is 30.9 Å². The molecule has 1 amide bonds. The molecule has 8 heteroatoms. The van der Waals surface area contributed by atoms with Gasteiger partial charge in [0.1, 0.15) is 5.69 Å². The molecule has 0 bridgehead atoms. The molecule has 0 aromatic heterocycles. The zero-order valence-corrected chi connectivity index (χ0v) is 14.7. The lowest BCUT2D eigenvalue weighted by atomic mass is 10.0. The number of piperidine rings is 1. The van der Waals surface area contributed by atoms with Crippen molar-refractivity contribution in [2.75, 3.05) is 38.7 Å². The minimum atomic E-state index is -0.744. The summed E-state index contributed by atoms with van der Waals surface area (Å²) >= 11 is 0. The number of nitro benzene ring substituents is 1. The first-order valence-electron chi connectivity index (χ1n) is 8.20. The Hall–Kier alpha value is -2.64. The molecule has 1 fully saturated rings. The van der Waals surface area contributed by atoms with Crippen LogP contribution in [-0.4, -0.2) is 55.5 Å². The molecule has 1 atom stereocenters. The Kier molecular flexibility index (Phi) is 5.95. The van der Waals surface area contributed by atoms with Crippen molar-refractivity contribution in [2.45, 2.75) is 19.8 Å². The van der Waals surface area contributed by atoms with Crippen LogP contribution in [0.25, 0.3) is 0 Å². The molecule has 0 saturated carbocycles. The van der Waals surface area contributed by atoms with Gasteiger partial charge >= 0.3 is 5.97 Å². The van der Waals surface area contributed by atoms with Crippen molar-refractivity contribution in [3.05, 3.63) is 33.9 Å². The molecule has 0 spiro atoms. The lowest BCUT2D eigenvalue weighted by Gasteiger charge is -2.30. The summed E-state index contributed by atoms with van der Waals surface area (Å²) in [6, 6.07) is 4.12. The number of carbonyl (C=O) groups excluding carboxylic acids is 2. The Morgan fingerprint density at radius 1 is 1.40 bits per heavy atom. The van der Waals surface area contributed by atoms with Crippen LogP contribution in [0, 0.1) is 16.0 Å². The number of benzene rings is 1. The van der Waals surface area contributed by atoms with Crippen molar-refractivity contribution in [3.8, 4) is 0 Å². The van der Waals surface area contributed by atoms with Crippen LogP contribution < -0.4 is 4.90 Å². The monoisotopic (exact) mass is 349 g/mol. The number of carbonyl (C=O) groups is 2. The van der Waals surface area contributed by atoms with Gasteiger partial charge in [0.2, 0.25) is 0 Å². The Morgan fingerprint density at radius 3 is 2.72 bits per heavy atom. The van der Waals surface area contributed by atoms with E-state index in [4.69, 9.17) is 4.74 Å². The van der Waals surface area contributed by atoms with E-state index < -0.39 is 10.9 Å². The maximum absolute atomic E-state index is 12.1. The predicted molar refractivity (Wildman–Crippen MR) is 92.7 cm³/mol. The fourth-order valence-electron chi connectivity index (χ4n) is 2.89. The van der Waals surface area contributed by atoms with Gasteiger partial charge in [0.15, 0.2) is 6.61 Å². The third-order valence-electron chi connectivity index (χ3n) is 4.23. The largest absolute Gasteiger partial charge is 0.452 e. The van der Waals surface area contributed by atoms with E-state index in [1.54, 1.807) is 23.9 Å². The predicted octanol–water partition coefficient (Wildman–Crippen LogP) is 2.08. The average molecular weight is 349 g/mol. The number of ether oxygens (including phenoxy) is 1. The molecule has 1 heterocycles. The Bertz CT molecular complexity index is 674. The first-order valence-corrected chi connectivity index (χ1v) is 8.20. The van der Waals surface area contributed by atoms with Crippen LogP contribution in [0.4, 0.5) is 11.4 Å². The number of hydrogen-bond acceptors (Lipinski definition) is 6. The number of rotatable bonds is 5. The molecule has 25 heavy (non-hydrogen) atoms. The summed E-state index contributed by atoms with van der Waals surface area (Å²) in [5.41, 5.74) is 0.257. The minimum Gasteiger partial charge on any atom is -0.452 e. The molecule has 0 N–H and O–H groups in total. The quantitative estimate of drug-likeness (QED) is 0.459. The van der Waals surface area contributed by atoms with E-state index >= 15 is 0 Å². The van der Waals surface area contributed by atoms with Gasteiger partial charge in [0.05, 0.1) is 10.5 Å². The lowest BCUT2D eigenvalue weighted by molar-refractivity contribution is -0.384. The van der Waals surface area contributed by atoms with Crippen molar-refractivity contribution < 1.29 is 19.2 Å². The molecule has 1 aliphatic rings. The second kappa shape index (κ2) is 7.96. The number of nitrogens with zero attached hydrogens (tertiary/aromatic N) is 3. The van der Waals surface area contributed by atoms with Crippen LogP contribution in [0.2, 0.25) is 0 Å². The first kappa shape index (κ1) is 18.7. The average Bonchev–Trinajstić information content (AvgIpc) is 2.58. The molecule has 2 rings (SSSR count). The summed E-state index contributed by atoms with van der Waals surface area (Å²) < 4.78 is 5.05. The molecule has 0 radical (unpaired) electrons. The third-order valence-corrected chi connectivity index (χ3v) is 4.23. The smallest absolute Gasteiger partial charge is 0.338 e. The summed E-state index contributed by atoms with van der Waals surface area (Å²) in [5.74, 6) is -0.541. The second-order valence-electron chi connectivity index (χ2n) is 6.52. The molecular weight excluding hydrogens is 326 g/mol. The van der Waals surface area contributed by atoms with E-state index in [0.29, 0.717) is 24.7 Å². The minimum absolute atomic E-state index is 0.0529. The van der Waals surface area contributed by atoms with Gasteiger partial charge < -0.3 is 14.5 Å². The molecule has 0 unspecified atom stereocenters. The third kappa shape index (κ3) is 4.68. The Labute approximate surface area is 146 Å². The number of likely N-dealkylation sites (tertiary alicyclic amines) is 1. The maximum atomic E-state index is 12.1. The van der Waals surface area contributed by atoms with Crippen molar-refractivity contribution in [3.63, 3.8) is 0 Å². The van der Waals surface area contributed by atoms with E-state index in [-0.39, 0.29) is 23.8 Å². The van der Waals surface area contributed by atoms with E-state index in [2.05, 4.69) is 6.92 Å². The van der Waals surface area contributed by atoms with E-state index in [9.17, 15) is 19.7 Å². The standard InChI is InChI=1S/C17H23N3O5/c1-12-5-4-8-19(10-12)16(21)11-25-17(22)13-6-7-14(18(2)3)15(9-13)20(23)24/h6-7,9,12H,4-5,8,10-11H2,1-3H3/t12-/m0/s1. The van der Waals surface area contributed by atoms with Gasteiger partial charge in [0, 0.05) is 33.3 Å². The van der Waals surface area contributed by atoms with Crippen molar-refractivity contribution in [2.24, 2.45) is 5.92 Å². The van der Waals surface area contributed by atoms with Crippen molar-refractivity contribution in [1.29, 1.82) is 0 Å². The highest BCUT2D eigenvalue weighted by Crippen LogP contribution is 2.28. The van der Waals surface area contributed by atoms with Crippen LogP contribution >= 0.6 is 0 Å². The summed E-state index contributed by atoms with van der Waals surface area (Å²) in [5, 5.41) is 11.2. The molecule has 1 aromatic carbocycles. The van der Waals surface area contributed by atoms with Gasteiger partial charge in [-0.1, -0.05) is 6.92 Å². The number of amides is 1. The summed E-state index contributed by atoms with van der Waals surface area (Å²) in [4.78, 5) is 38.2. The first-order chi connectivity index (χ1) is 11.8. The van der Waals surface area contributed by atoms with E-state index in [1.807, 2.05) is 0 Å². The fraction of sp³-hybridized carbons (Fsp3) is 0.529. The van der Waals surface area contributed by atoms with Crippen LogP contribution in [0.1, 0.15) is 30.1 Å². The molecule has 0 aliphatic carbocycles. The lowest BCUT2D eigenvalue weighted by Crippen LogP contribution is -2.41. The highest BCUT2D eigenvalue weighted by atomic mass is 16.6. The summed E-state index contributed by atoms with van der Waals surface area (Å²) in [6.07, 6.45) is 2.03. The van der Waals surface area contributed by atoms with Crippen molar-refractivity contribution >= 4 is 23.3 Å². The topological polar surface area (TPSA) is 93.0 Å². The Balaban J connectivity index is 2.02. The molecule has 8 nitrogen and oxygen atoms in total. The zero-order valence-electron chi connectivity index (χ0n) is 14.7. The second-order valence-corrected chi connectivity index (χ2v) is 6.52. The van der Waals surface area contributed by atoms with Gasteiger partial charge in [-0.2, -0.15) is 0 Å². The fourth-order valence-corrected chi connectivity index (χ4v) is 2.89. The van der Waals surface area contributed by atoms with Crippen molar-refractivity contribution in [1.82, 2.24) is 4.90 Å². The van der Waals surface area contributed by atoms with Gasteiger partial charge in [-0.25, -0.2) is 4.79 Å². The van der Waals surface area contributed by atoms with E-state index in [0.717, 1.165) is 12.8 Å². The Morgan fingerprint density at radius 2 is 2.12 bits per heavy atom. The van der Waals surface area contributed by atoms with Crippen LogP contribution in [0.5, 0.6) is 0 Å². The van der Waals surface area contributed by atoms with E-state index in [1.165, 1.54) is 18.2 Å². The zero-order chi connectivity index (χ0) is 18.6. The molecular formula is C17H23N3O5. The highest BCUT2D eigenvalue weighted by molar-refractivity contribution is 5.93.